The monoisotopic (exact) mass is 544 g/mol. The Morgan fingerprint density at radius 3 is 2.38 bits per heavy atom. The van der Waals surface area contributed by atoms with Gasteiger partial charge >= 0.3 is 6.09 Å². The molecule has 5 rings (SSSR count). The molecule has 1 aromatic carbocycles. The minimum atomic E-state index is -0.530. The van der Waals surface area contributed by atoms with Gasteiger partial charge in [0.25, 0.3) is 0 Å². The lowest BCUT2D eigenvalue weighted by atomic mass is 9.71. The van der Waals surface area contributed by atoms with Crippen LogP contribution in [0.15, 0.2) is 18.2 Å². The van der Waals surface area contributed by atoms with E-state index in [1.54, 1.807) is 6.07 Å². The van der Waals surface area contributed by atoms with Crippen molar-refractivity contribution in [1.29, 1.82) is 0 Å². The number of piperidine rings is 3. The third kappa shape index (κ3) is 6.63. The van der Waals surface area contributed by atoms with Gasteiger partial charge in [0.15, 0.2) is 0 Å². The van der Waals surface area contributed by atoms with Gasteiger partial charge in [-0.3, -0.25) is 25.2 Å². The lowest BCUT2D eigenvalue weighted by molar-refractivity contribution is -0.133. The van der Waals surface area contributed by atoms with Crippen molar-refractivity contribution in [2.24, 2.45) is 5.41 Å². The maximum Gasteiger partial charge on any atom is 0.422 e. The fourth-order valence-electron chi connectivity index (χ4n) is 6.27. The van der Waals surface area contributed by atoms with Crippen molar-refractivity contribution in [2.45, 2.75) is 77.0 Å². The summed E-state index contributed by atoms with van der Waals surface area (Å²) in [5.74, 6) is -0.935. The molecule has 214 valence electrons. The maximum absolute atomic E-state index is 15.1. The van der Waals surface area contributed by atoms with Crippen LogP contribution in [-0.4, -0.2) is 84.8 Å². The number of halogens is 1. The molecule has 3 N–H and O–H groups in total. The van der Waals surface area contributed by atoms with Gasteiger partial charge in [0.2, 0.25) is 11.8 Å². The number of rotatable bonds is 5. The Morgan fingerprint density at radius 2 is 1.77 bits per heavy atom. The first kappa shape index (κ1) is 27.6. The molecule has 0 radical (unpaired) electrons. The average Bonchev–Trinajstić information content (AvgIpc) is 2.84. The van der Waals surface area contributed by atoms with E-state index in [0.717, 1.165) is 65.0 Å². The van der Waals surface area contributed by atoms with Crippen molar-refractivity contribution in [3.05, 3.63) is 24.0 Å². The molecule has 0 aliphatic carbocycles. The van der Waals surface area contributed by atoms with Crippen LogP contribution in [0.1, 0.15) is 59.3 Å². The van der Waals surface area contributed by atoms with Crippen molar-refractivity contribution >= 4 is 29.3 Å². The van der Waals surface area contributed by atoms with Gasteiger partial charge in [0.1, 0.15) is 17.5 Å². The van der Waals surface area contributed by atoms with E-state index in [9.17, 15) is 14.4 Å². The third-order valence-corrected chi connectivity index (χ3v) is 8.40. The molecule has 0 bridgehead atoms. The molecule has 4 heterocycles. The van der Waals surface area contributed by atoms with Crippen molar-refractivity contribution < 1.29 is 23.5 Å². The highest BCUT2D eigenvalue weighted by atomic mass is 19.1. The van der Waals surface area contributed by atoms with E-state index >= 15 is 4.39 Å². The number of benzene rings is 1. The van der Waals surface area contributed by atoms with Crippen molar-refractivity contribution in [1.82, 2.24) is 20.7 Å². The van der Waals surface area contributed by atoms with Crippen molar-refractivity contribution in [3.8, 4) is 0 Å². The predicted octanol–water partition coefficient (Wildman–Crippen LogP) is 2.85. The molecule has 3 amide bonds. The van der Waals surface area contributed by atoms with Crippen LogP contribution in [0.2, 0.25) is 0 Å². The molecule has 1 aromatic rings. The second-order valence-corrected chi connectivity index (χ2v) is 12.5. The Hall–Kier alpha value is -2.92. The molecule has 10 nitrogen and oxygen atoms in total. The second kappa shape index (κ2) is 10.9. The molecule has 1 atom stereocenters. The zero-order valence-electron chi connectivity index (χ0n) is 23.2. The summed E-state index contributed by atoms with van der Waals surface area (Å²) >= 11 is 0. The number of amides is 3. The summed E-state index contributed by atoms with van der Waals surface area (Å²) in [7, 11) is 0. The molecule has 4 aliphatic heterocycles. The van der Waals surface area contributed by atoms with E-state index in [-0.39, 0.29) is 24.1 Å². The highest BCUT2D eigenvalue weighted by molar-refractivity contribution is 6.01. The minimum absolute atomic E-state index is 0.269. The number of imide groups is 1. The summed E-state index contributed by atoms with van der Waals surface area (Å²) in [5, 5.41) is 7.33. The average molecular weight is 545 g/mol. The van der Waals surface area contributed by atoms with Crippen LogP contribution < -0.4 is 21.0 Å². The zero-order valence-corrected chi connectivity index (χ0v) is 23.2. The smallest absolute Gasteiger partial charge is 0.422 e. The van der Waals surface area contributed by atoms with Crippen LogP contribution in [0.4, 0.5) is 20.6 Å². The quantitative estimate of drug-likeness (QED) is 0.486. The summed E-state index contributed by atoms with van der Waals surface area (Å²) in [5.41, 5.74) is 3.81. The largest absolute Gasteiger partial charge is 0.443 e. The van der Waals surface area contributed by atoms with Crippen molar-refractivity contribution in [2.75, 3.05) is 49.5 Å². The highest BCUT2D eigenvalue weighted by Gasteiger charge is 2.47. The van der Waals surface area contributed by atoms with Gasteiger partial charge in [-0.05, 0) is 76.5 Å². The van der Waals surface area contributed by atoms with Crippen LogP contribution in [0, 0.1) is 11.2 Å². The summed E-state index contributed by atoms with van der Waals surface area (Å²) in [6, 6.07) is 5.04. The molecule has 11 heteroatoms. The second-order valence-electron chi connectivity index (χ2n) is 12.5. The van der Waals surface area contributed by atoms with E-state index in [1.165, 1.54) is 6.07 Å². The SMILES string of the molecule is CC(C)(C)OC(=O)NN1CCC(N2CC3(CCN(c4ccc(NC5CCC(=O)NC5=O)cc4F)CC3)C2)CC1. The molecule has 0 aromatic heterocycles. The van der Waals surface area contributed by atoms with E-state index in [4.69, 9.17) is 4.74 Å². The lowest BCUT2D eigenvalue weighted by Gasteiger charge is -2.57. The summed E-state index contributed by atoms with van der Waals surface area (Å²) in [6.45, 7) is 11.0. The molecule has 1 unspecified atom stereocenters. The molecule has 1 spiro atoms. The van der Waals surface area contributed by atoms with Gasteiger partial charge in [0.05, 0.1) is 5.69 Å². The van der Waals surface area contributed by atoms with E-state index < -0.39 is 17.7 Å². The molecule has 4 fully saturated rings. The molecule has 39 heavy (non-hydrogen) atoms. The maximum atomic E-state index is 15.1. The summed E-state index contributed by atoms with van der Waals surface area (Å²) in [4.78, 5) is 40.1. The lowest BCUT2D eigenvalue weighted by Crippen LogP contribution is -2.64. The van der Waals surface area contributed by atoms with Crippen LogP contribution in [-0.2, 0) is 14.3 Å². The normalized spacial score (nSPS) is 24.7. The number of hydrazine groups is 1. The number of nitrogens with one attached hydrogen (secondary N) is 3. The number of likely N-dealkylation sites (tertiary alicyclic amines) is 1. The Kier molecular flexibility index (Phi) is 7.74. The molecule has 0 saturated carbocycles. The Labute approximate surface area is 229 Å². The summed E-state index contributed by atoms with van der Waals surface area (Å²) < 4.78 is 20.4. The van der Waals surface area contributed by atoms with Crippen LogP contribution in [0.5, 0.6) is 0 Å². The topological polar surface area (TPSA) is 106 Å². The Balaban J connectivity index is 1.05. The molecule has 4 aliphatic rings. The number of anilines is 2. The third-order valence-electron chi connectivity index (χ3n) is 8.40. The Bertz CT molecular complexity index is 1080. The predicted molar refractivity (Wildman–Crippen MR) is 146 cm³/mol. The van der Waals surface area contributed by atoms with E-state index in [1.807, 2.05) is 31.8 Å². The van der Waals surface area contributed by atoms with Gasteiger partial charge in [-0.15, -0.1) is 0 Å². The number of hydrogen-bond donors (Lipinski definition) is 3. The van der Waals surface area contributed by atoms with Gasteiger partial charge in [-0.2, -0.15) is 0 Å². The van der Waals surface area contributed by atoms with E-state index in [2.05, 4.69) is 25.9 Å². The molecular formula is C28H41FN6O4. The van der Waals surface area contributed by atoms with Crippen LogP contribution in [0.3, 0.4) is 0 Å². The number of carbonyl (C=O) groups is 3. The standard InChI is InChI=1S/C28H41FN6O4/c1-27(2,3)39-26(38)32-35-12-8-20(9-13-35)34-17-28(18-34)10-14-33(15-11-28)23-6-4-19(16-21(23)29)30-22-5-7-24(36)31-25(22)37/h4,6,16,20,22,30H,5,7-15,17-18H2,1-3H3,(H,32,38)(H,31,36,37). The van der Waals surface area contributed by atoms with Gasteiger partial charge in [-0.1, -0.05) is 0 Å². The highest BCUT2D eigenvalue weighted by Crippen LogP contribution is 2.43. The van der Waals surface area contributed by atoms with Gasteiger partial charge in [0, 0.05) is 57.4 Å². The van der Waals surface area contributed by atoms with Crippen LogP contribution in [0.25, 0.3) is 0 Å². The number of carbonyl (C=O) groups excluding carboxylic acids is 3. The Morgan fingerprint density at radius 1 is 1.08 bits per heavy atom. The zero-order chi connectivity index (χ0) is 27.8. The number of hydrogen-bond acceptors (Lipinski definition) is 8. The van der Waals surface area contributed by atoms with Gasteiger partial charge in [-0.25, -0.2) is 14.2 Å². The molecule has 4 saturated heterocycles. The minimum Gasteiger partial charge on any atom is -0.443 e. The van der Waals surface area contributed by atoms with Crippen LogP contribution >= 0.6 is 0 Å². The van der Waals surface area contributed by atoms with Gasteiger partial charge < -0.3 is 15.0 Å². The number of ether oxygens (including phenoxy) is 1. The first-order chi connectivity index (χ1) is 18.5. The number of nitrogens with zero attached hydrogens (tertiary/aromatic N) is 3. The first-order valence-electron chi connectivity index (χ1n) is 14.1. The first-order valence-corrected chi connectivity index (χ1v) is 14.1. The fourth-order valence-corrected chi connectivity index (χ4v) is 6.27. The van der Waals surface area contributed by atoms with Crippen molar-refractivity contribution in [3.63, 3.8) is 0 Å². The fraction of sp³-hybridized carbons (Fsp3) is 0.679. The van der Waals surface area contributed by atoms with E-state index in [0.29, 0.717) is 29.3 Å². The molecular weight excluding hydrogens is 503 g/mol. The summed E-state index contributed by atoms with van der Waals surface area (Å²) in [6.07, 6.45) is 4.40.